The normalized spacial score (nSPS) is 15.2. The molecule has 0 aromatic heterocycles. The molecule has 2 amide bonds. The van der Waals surface area contributed by atoms with Gasteiger partial charge in [-0.1, -0.05) is 35.9 Å². The third-order valence-electron chi connectivity index (χ3n) is 5.92. The van der Waals surface area contributed by atoms with Gasteiger partial charge in [-0.3, -0.25) is 9.59 Å². The molecule has 1 heterocycles. The van der Waals surface area contributed by atoms with Crippen LogP contribution in [0.4, 0.5) is 5.69 Å². The summed E-state index contributed by atoms with van der Waals surface area (Å²) in [6.07, 6.45) is 0.847. The fourth-order valence-corrected chi connectivity index (χ4v) is 5.78. The van der Waals surface area contributed by atoms with Crippen LogP contribution in [0.2, 0.25) is 5.02 Å². The zero-order chi connectivity index (χ0) is 24.0. The molecular formula is C24H30ClN3O4S. The van der Waals surface area contributed by atoms with E-state index in [1.165, 1.54) is 4.31 Å². The van der Waals surface area contributed by atoms with Crippen molar-refractivity contribution in [1.29, 1.82) is 0 Å². The van der Waals surface area contributed by atoms with Gasteiger partial charge in [0.1, 0.15) is 0 Å². The molecular weight excluding hydrogens is 462 g/mol. The summed E-state index contributed by atoms with van der Waals surface area (Å²) in [4.78, 5) is 27.4. The molecule has 3 rings (SSSR count). The van der Waals surface area contributed by atoms with Crippen LogP contribution in [-0.4, -0.2) is 55.6 Å². The van der Waals surface area contributed by atoms with Crippen LogP contribution < -0.4 is 5.32 Å². The van der Waals surface area contributed by atoms with E-state index in [-0.39, 0.29) is 36.6 Å². The lowest BCUT2D eigenvalue weighted by molar-refractivity contribution is -0.120. The van der Waals surface area contributed by atoms with Crippen LogP contribution in [0, 0.1) is 5.92 Å². The van der Waals surface area contributed by atoms with Crippen LogP contribution in [0.1, 0.15) is 42.6 Å². The molecule has 1 saturated heterocycles. The molecule has 0 bridgehead atoms. The molecule has 2 aromatic carbocycles. The number of nitrogens with zero attached hydrogens (tertiary/aromatic N) is 2. The lowest BCUT2D eigenvalue weighted by atomic mass is 9.97. The minimum Gasteiger partial charge on any atom is -0.339 e. The molecule has 1 aliphatic rings. The second-order valence-electron chi connectivity index (χ2n) is 8.07. The van der Waals surface area contributed by atoms with Gasteiger partial charge in [-0.15, -0.1) is 0 Å². The van der Waals surface area contributed by atoms with Gasteiger partial charge in [-0.05, 0) is 56.5 Å². The first-order valence-electron chi connectivity index (χ1n) is 11.2. The quantitative estimate of drug-likeness (QED) is 0.604. The summed E-state index contributed by atoms with van der Waals surface area (Å²) in [5, 5.41) is 3.39. The SMILES string of the molecule is CCN(CC)C(=O)c1ccccc1NC(=O)C1CCN(S(=O)(=O)Cc2cccc(Cl)c2)CC1. The van der Waals surface area contributed by atoms with Crippen molar-refractivity contribution < 1.29 is 18.0 Å². The molecule has 0 atom stereocenters. The predicted octanol–water partition coefficient (Wildman–Crippen LogP) is 4.00. The number of benzene rings is 2. The number of halogens is 1. The van der Waals surface area contributed by atoms with E-state index in [1.807, 2.05) is 13.8 Å². The molecule has 33 heavy (non-hydrogen) atoms. The van der Waals surface area contributed by atoms with Gasteiger partial charge in [-0.25, -0.2) is 12.7 Å². The molecule has 9 heteroatoms. The smallest absolute Gasteiger partial charge is 0.255 e. The number of anilines is 1. The van der Waals surface area contributed by atoms with Crippen molar-refractivity contribution in [3.8, 4) is 0 Å². The van der Waals surface area contributed by atoms with Crippen molar-refractivity contribution >= 4 is 39.1 Å². The van der Waals surface area contributed by atoms with Crippen LogP contribution in [0.15, 0.2) is 48.5 Å². The maximum atomic E-state index is 12.9. The fraction of sp³-hybridized carbons (Fsp3) is 0.417. The van der Waals surface area contributed by atoms with Crippen molar-refractivity contribution in [1.82, 2.24) is 9.21 Å². The predicted molar refractivity (Wildman–Crippen MR) is 131 cm³/mol. The van der Waals surface area contributed by atoms with E-state index in [2.05, 4.69) is 5.32 Å². The fourth-order valence-electron chi connectivity index (χ4n) is 4.02. The molecule has 0 spiro atoms. The Bertz CT molecular complexity index is 1090. The molecule has 0 unspecified atom stereocenters. The van der Waals surface area contributed by atoms with Gasteiger partial charge in [0.25, 0.3) is 5.91 Å². The molecule has 2 aromatic rings. The van der Waals surface area contributed by atoms with E-state index in [0.29, 0.717) is 47.8 Å². The van der Waals surface area contributed by atoms with Crippen molar-refractivity contribution in [2.75, 3.05) is 31.5 Å². The molecule has 1 fully saturated rings. The minimum atomic E-state index is -3.50. The number of piperidine rings is 1. The number of carbonyl (C=O) groups is 2. The minimum absolute atomic E-state index is 0.120. The Morgan fingerprint density at radius 1 is 1.06 bits per heavy atom. The van der Waals surface area contributed by atoms with Gasteiger partial charge in [0, 0.05) is 37.1 Å². The van der Waals surface area contributed by atoms with E-state index < -0.39 is 10.0 Å². The van der Waals surface area contributed by atoms with Gasteiger partial charge in [-0.2, -0.15) is 0 Å². The summed E-state index contributed by atoms with van der Waals surface area (Å²) in [5.41, 5.74) is 1.57. The maximum absolute atomic E-state index is 12.9. The standard InChI is InChI=1S/C24H30ClN3O4S/c1-3-27(4-2)24(30)21-10-5-6-11-22(21)26-23(29)19-12-14-28(15-13-19)33(31,32)17-18-8-7-9-20(25)16-18/h5-11,16,19H,3-4,12-15,17H2,1-2H3,(H,26,29). The highest BCUT2D eigenvalue weighted by Gasteiger charge is 2.31. The highest BCUT2D eigenvalue weighted by Crippen LogP contribution is 2.25. The first-order valence-corrected chi connectivity index (χ1v) is 13.1. The van der Waals surface area contributed by atoms with Crippen LogP contribution in [-0.2, 0) is 20.6 Å². The lowest BCUT2D eigenvalue weighted by Crippen LogP contribution is -2.42. The van der Waals surface area contributed by atoms with Gasteiger partial charge in [0.05, 0.1) is 17.0 Å². The number of para-hydroxylation sites is 1. The average Bonchev–Trinajstić information content (AvgIpc) is 2.80. The molecule has 0 saturated carbocycles. The van der Waals surface area contributed by atoms with Crippen LogP contribution >= 0.6 is 11.6 Å². The Kier molecular flexibility index (Phi) is 8.51. The second kappa shape index (κ2) is 11.1. The third-order valence-corrected chi connectivity index (χ3v) is 8.01. The first kappa shape index (κ1) is 25.2. The number of hydrogen-bond acceptors (Lipinski definition) is 4. The van der Waals surface area contributed by atoms with E-state index in [0.717, 1.165) is 0 Å². The van der Waals surface area contributed by atoms with Crippen LogP contribution in [0.5, 0.6) is 0 Å². The zero-order valence-electron chi connectivity index (χ0n) is 19.0. The zero-order valence-corrected chi connectivity index (χ0v) is 20.5. The van der Waals surface area contributed by atoms with Crippen molar-refractivity contribution in [2.45, 2.75) is 32.4 Å². The molecule has 1 aliphatic heterocycles. The van der Waals surface area contributed by atoms with Gasteiger partial charge < -0.3 is 10.2 Å². The molecule has 0 aliphatic carbocycles. The summed E-state index contributed by atoms with van der Waals surface area (Å²) in [6, 6.07) is 13.8. The topological polar surface area (TPSA) is 86.8 Å². The third kappa shape index (κ3) is 6.34. The molecule has 1 N–H and O–H groups in total. The largest absolute Gasteiger partial charge is 0.339 e. The van der Waals surface area contributed by atoms with E-state index in [1.54, 1.807) is 53.4 Å². The first-order chi connectivity index (χ1) is 15.7. The van der Waals surface area contributed by atoms with Gasteiger partial charge in [0.2, 0.25) is 15.9 Å². The monoisotopic (exact) mass is 491 g/mol. The Hall–Kier alpha value is -2.42. The van der Waals surface area contributed by atoms with Gasteiger partial charge >= 0.3 is 0 Å². The average molecular weight is 492 g/mol. The summed E-state index contributed by atoms with van der Waals surface area (Å²) in [6.45, 7) is 5.55. The van der Waals surface area contributed by atoms with Crippen LogP contribution in [0.3, 0.4) is 0 Å². The number of amides is 2. The van der Waals surface area contributed by atoms with Crippen molar-refractivity contribution in [2.24, 2.45) is 5.92 Å². The maximum Gasteiger partial charge on any atom is 0.255 e. The summed E-state index contributed by atoms with van der Waals surface area (Å²) < 4.78 is 27.1. The van der Waals surface area contributed by atoms with Gasteiger partial charge in [0.15, 0.2) is 0 Å². The highest BCUT2D eigenvalue weighted by molar-refractivity contribution is 7.88. The molecule has 7 nitrogen and oxygen atoms in total. The summed E-state index contributed by atoms with van der Waals surface area (Å²) in [5.74, 6) is -0.760. The summed E-state index contributed by atoms with van der Waals surface area (Å²) in [7, 11) is -3.50. The Labute approximate surface area is 200 Å². The number of nitrogens with one attached hydrogen (secondary N) is 1. The van der Waals surface area contributed by atoms with Crippen LogP contribution in [0.25, 0.3) is 0 Å². The number of carbonyl (C=O) groups excluding carboxylic acids is 2. The summed E-state index contributed by atoms with van der Waals surface area (Å²) >= 11 is 5.97. The van der Waals surface area contributed by atoms with Crippen molar-refractivity contribution in [3.05, 3.63) is 64.7 Å². The lowest BCUT2D eigenvalue weighted by Gasteiger charge is -2.30. The number of hydrogen-bond donors (Lipinski definition) is 1. The Balaban J connectivity index is 1.62. The Morgan fingerprint density at radius 3 is 2.36 bits per heavy atom. The van der Waals surface area contributed by atoms with E-state index in [4.69, 9.17) is 11.6 Å². The van der Waals surface area contributed by atoms with E-state index in [9.17, 15) is 18.0 Å². The highest BCUT2D eigenvalue weighted by atomic mass is 35.5. The second-order valence-corrected chi connectivity index (χ2v) is 10.5. The van der Waals surface area contributed by atoms with Crippen molar-refractivity contribution in [3.63, 3.8) is 0 Å². The molecule has 178 valence electrons. The number of rotatable bonds is 8. The Morgan fingerprint density at radius 2 is 1.73 bits per heavy atom. The number of sulfonamides is 1. The van der Waals surface area contributed by atoms with E-state index >= 15 is 0 Å². The molecule has 0 radical (unpaired) electrons.